The second kappa shape index (κ2) is 6.09. The summed E-state index contributed by atoms with van der Waals surface area (Å²) >= 11 is 3.22. The minimum absolute atomic E-state index is 0.125. The van der Waals surface area contributed by atoms with Gasteiger partial charge in [-0.2, -0.15) is 0 Å². The molecule has 0 aromatic heterocycles. The molecule has 0 heterocycles. The molecule has 0 fully saturated rings. The van der Waals surface area contributed by atoms with Crippen LogP contribution in [0.3, 0.4) is 0 Å². The molecular formula is C17H22SSn. The summed E-state index contributed by atoms with van der Waals surface area (Å²) in [6.45, 7) is 9.27. The third-order valence-electron chi connectivity index (χ3n) is 3.56. The van der Waals surface area contributed by atoms with E-state index in [0.29, 0.717) is 5.25 Å². The van der Waals surface area contributed by atoms with Crippen LogP contribution in [0.5, 0.6) is 0 Å². The standard InChI is InChI=1S/C17H21S.Sn.H/c1-13(2)18-16-12-8-7-11-15(16)17(3,4)14-9-5-6-10-14;;/h5,7-9,11-13H,6H2,1-4H3;;. The number of thioether (sulfide) groups is 1. The SMILES string of the molecule is CC(C)Sc1ccccc1C(C)(C)C1=[C]([SnH])CC=C1. The molecule has 1 aromatic rings. The van der Waals surface area contributed by atoms with Crippen molar-refractivity contribution in [2.45, 2.75) is 49.7 Å². The van der Waals surface area contributed by atoms with Gasteiger partial charge in [-0.05, 0) is 0 Å². The Morgan fingerprint density at radius 2 is 1.89 bits per heavy atom. The Balaban J connectivity index is 2.46. The second-order valence-corrected chi connectivity index (χ2v) is 9.44. The summed E-state index contributed by atoms with van der Waals surface area (Å²) in [5.74, 6) is 0. The minimum atomic E-state index is 0.125. The van der Waals surface area contributed by atoms with Crippen molar-refractivity contribution in [3.8, 4) is 0 Å². The van der Waals surface area contributed by atoms with Gasteiger partial charge in [-0.3, -0.25) is 0 Å². The van der Waals surface area contributed by atoms with Gasteiger partial charge in [0.15, 0.2) is 0 Å². The third kappa shape index (κ3) is 3.30. The molecule has 0 nitrogen and oxygen atoms in total. The molecule has 1 aliphatic rings. The van der Waals surface area contributed by atoms with Gasteiger partial charge in [0.25, 0.3) is 0 Å². The van der Waals surface area contributed by atoms with E-state index in [0.717, 1.165) is 0 Å². The van der Waals surface area contributed by atoms with Crippen LogP contribution in [0.15, 0.2) is 50.5 Å². The molecule has 0 saturated heterocycles. The Bertz CT molecular complexity index is 524. The number of allylic oxidation sites excluding steroid dienone is 4. The van der Waals surface area contributed by atoms with Crippen molar-refractivity contribution in [3.63, 3.8) is 0 Å². The van der Waals surface area contributed by atoms with Gasteiger partial charge in [-0.15, -0.1) is 0 Å². The van der Waals surface area contributed by atoms with Gasteiger partial charge in [0.1, 0.15) is 0 Å². The topological polar surface area (TPSA) is 0 Å². The van der Waals surface area contributed by atoms with E-state index in [1.165, 1.54) is 39.4 Å². The zero-order chi connectivity index (χ0) is 14.0. The normalized spacial score (nSPS) is 15.7. The van der Waals surface area contributed by atoms with Crippen LogP contribution in [0, 0.1) is 0 Å². The molecule has 2 heteroatoms. The number of benzene rings is 1. The van der Waals surface area contributed by atoms with Gasteiger partial charge in [0, 0.05) is 0 Å². The molecule has 1 aromatic carbocycles. The van der Waals surface area contributed by atoms with Crippen molar-refractivity contribution >= 4 is 34.3 Å². The molecule has 1 aliphatic carbocycles. The van der Waals surface area contributed by atoms with E-state index in [-0.39, 0.29) is 5.41 Å². The van der Waals surface area contributed by atoms with Crippen LogP contribution >= 0.6 is 11.8 Å². The number of rotatable bonds is 4. The molecule has 2 rings (SSSR count). The second-order valence-electron chi connectivity index (χ2n) is 5.83. The average molecular weight is 377 g/mol. The van der Waals surface area contributed by atoms with E-state index >= 15 is 0 Å². The number of hydrogen-bond donors (Lipinski definition) is 0. The zero-order valence-corrected chi connectivity index (χ0v) is 16.3. The summed E-state index contributed by atoms with van der Waals surface area (Å²) < 4.78 is 1.64. The molecule has 0 saturated carbocycles. The molecule has 100 valence electrons. The molecule has 2 radical (unpaired) electrons. The van der Waals surface area contributed by atoms with Gasteiger partial charge in [0.05, 0.1) is 0 Å². The summed E-state index contributed by atoms with van der Waals surface area (Å²) in [6, 6.07) is 8.90. The molecule has 19 heavy (non-hydrogen) atoms. The van der Waals surface area contributed by atoms with Crippen molar-refractivity contribution in [1.82, 2.24) is 0 Å². The van der Waals surface area contributed by atoms with E-state index in [1.807, 2.05) is 11.8 Å². The van der Waals surface area contributed by atoms with Crippen molar-refractivity contribution in [2.24, 2.45) is 0 Å². The van der Waals surface area contributed by atoms with E-state index in [4.69, 9.17) is 0 Å². The average Bonchev–Trinajstić information content (AvgIpc) is 2.76. The predicted octanol–water partition coefficient (Wildman–Crippen LogP) is 4.58. The summed E-state index contributed by atoms with van der Waals surface area (Å²) in [5, 5.41) is 0.625. The summed E-state index contributed by atoms with van der Waals surface area (Å²) in [7, 11) is 0. The van der Waals surface area contributed by atoms with Crippen LogP contribution in [-0.4, -0.2) is 27.8 Å². The van der Waals surface area contributed by atoms with Crippen molar-refractivity contribution < 1.29 is 0 Å². The van der Waals surface area contributed by atoms with Gasteiger partial charge < -0.3 is 0 Å². The van der Waals surface area contributed by atoms with Gasteiger partial charge in [0.2, 0.25) is 0 Å². The zero-order valence-electron chi connectivity index (χ0n) is 12.2. The van der Waals surface area contributed by atoms with Gasteiger partial charge in [-0.25, -0.2) is 0 Å². The van der Waals surface area contributed by atoms with Crippen LogP contribution in [-0.2, 0) is 5.41 Å². The Kier molecular flexibility index (Phi) is 4.88. The molecule has 0 atom stereocenters. The quantitative estimate of drug-likeness (QED) is 0.547. The van der Waals surface area contributed by atoms with E-state index in [2.05, 4.69) is 64.1 Å². The van der Waals surface area contributed by atoms with Crippen LogP contribution in [0.25, 0.3) is 0 Å². The molecule has 0 bridgehead atoms. The van der Waals surface area contributed by atoms with Crippen LogP contribution in [0.4, 0.5) is 0 Å². The Morgan fingerprint density at radius 1 is 1.21 bits per heavy atom. The molecule has 0 aliphatic heterocycles. The fourth-order valence-electron chi connectivity index (χ4n) is 2.62. The molecular weight excluding hydrogens is 355 g/mol. The Labute approximate surface area is 134 Å². The first-order valence-electron chi connectivity index (χ1n) is 6.84. The first kappa shape index (κ1) is 15.2. The van der Waals surface area contributed by atoms with Crippen molar-refractivity contribution in [1.29, 1.82) is 0 Å². The molecule has 0 amide bonds. The van der Waals surface area contributed by atoms with Crippen LogP contribution in [0.1, 0.15) is 39.7 Å². The van der Waals surface area contributed by atoms with Gasteiger partial charge in [-0.1, -0.05) is 0 Å². The van der Waals surface area contributed by atoms with Crippen molar-refractivity contribution in [3.05, 3.63) is 51.1 Å². The summed E-state index contributed by atoms with van der Waals surface area (Å²) in [5.41, 5.74) is 3.15. The van der Waals surface area contributed by atoms with Crippen molar-refractivity contribution in [2.75, 3.05) is 0 Å². The maximum atomic E-state index is 2.37. The third-order valence-corrected chi connectivity index (χ3v) is 6.21. The fourth-order valence-corrected chi connectivity index (χ4v) is 5.42. The Morgan fingerprint density at radius 3 is 2.47 bits per heavy atom. The summed E-state index contributed by atoms with van der Waals surface area (Å²) in [4.78, 5) is 1.43. The Hall–Kier alpha value is -0.151. The van der Waals surface area contributed by atoms with E-state index < -0.39 is 0 Å². The monoisotopic (exact) mass is 378 g/mol. The number of hydrogen-bond acceptors (Lipinski definition) is 1. The molecule has 0 spiro atoms. The molecule has 0 unspecified atom stereocenters. The van der Waals surface area contributed by atoms with Crippen LogP contribution < -0.4 is 0 Å². The maximum absolute atomic E-state index is 2.37. The fraction of sp³-hybridized carbons (Fsp3) is 0.412. The van der Waals surface area contributed by atoms with Gasteiger partial charge >= 0.3 is 135 Å². The molecule has 0 N–H and O–H groups in total. The predicted molar refractivity (Wildman–Crippen MR) is 88.4 cm³/mol. The van der Waals surface area contributed by atoms with Crippen LogP contribution in [0.2, 0.25) is 0 Å². The summed E-state index contributed by atoms with van der Waals surface area (Å²) in [6.07, 6.45) is 5.83. The first-order valence-corrected chi connectivity index (χ1v) is 9.37. The first-order chi connectivity index (χ1) is 8.93. The van der Waals surface area contributed by atoms with E-state index in [9.17, 15) is 0 Å². The van der Waals surface area contributed by atoms with E-state index in [1.54, 1.807) is 9.16 Å².